The summed E-state index contributed by atoms with van der Waals surface area (Å²) in [4.78, 5) is 13.3. The molecule has 1 saturated heterocycles. The molecule has 1 rings (SSSR count). The van der Waals surface area contributed by atoms with Gasteiger partial charge in [0.2, 0.25) is 5.91 Å². The number of aliphatic hydroxyl groups is 7. The first-order chi connectivity index (χ1) is 43.2. The first kappa shape index (κ1) is 84.6. The number of ether oxygens (including phenoxy) is 2. The van der Waals surface area contributed by atoms with E-state index in [1.165, 1.54) is 315 Å². The van der Waals surface area contributed by atoms with Gasteiger partial charge >= 0.3 is 0 Å². The van der Waals surface area contributed by atoms with Crippen LogP contribution in [0.4, 0.5) is 0 Å². The van der Waals surface area contributed by atoms with E-state index in [0.29, 0.717) is 12.8 Å². The molecule has 1 aliphatic rings. The zero-order valence-electron chi connectivity index (χ0n) is 58.0. The predicted octanol–water partition coefficient (Wildman–Crippen LogP) is 19.5. The average Bonchev–Trinajstić information content (AvgIpc) is 2.78. The monoisotopic (exact) mass is 1250 g/mol. The molecule has 1 aliphatic heterocycles. The van der Waals surface area contributed by atoms with Gasteiger partial charge in [-0.15, -0.1) is 0 Å². The minimum Gasteiger partial charge on any atom is -0.394 e. The van der Waals surface area contributed by atoms with E-state index in [1.54, 1.807) is 0 Å². The lowest BCUT2D eigenvalue weighted by Crippen LogP contribution is -2.60. The Morgan fingerprint density at radius 1 is 0.386 bits per heavy atom. The highest BCUT2D eigenvalue weighted by Crippen LogP contribution is 2.24. The van der Waals surface area contributed by atoms with Gasteiger partial charge < -0.3 is 50.5 Å². The summed E-state index contributed by atoms with van der Waals surface area (Å²) in [5, 5.41) is 76.6. The topological polar surface area (TPSA) is 189 Å². The highest BCUT2D eigenvalue weighted by molar-refractivity contribution is 5.80. The Bertz CT molecular complexity index is 1480. The number of carbonyl (C=O) groups excluding carboxylic acids is 1. The Hall–Kier alpha value is -1.41. The number of carbonyl (C=O) groups is 1. The Morgan fingerprint density at radius 2 is 0.670 bits per heavy atom. The van der Waals surface area contributed by atoms with E-state index in [4.69, 9.17) is 9.47 Å². The van der Waals surface area contributed by atoms with Crippen LogP contribution in [-0.2, 0) is 14.3 Å². The van der Waals surface area contributed by atoms with Crippen LogP contribution in [0.2, 0.25) is 0 Å². The predicted molar refractivity (Wildman–Crippen MR) is 372 cm³/mol. The highest BCUT2D eigenvalue weighted by Gasteiger charge is 2.44. The molecule has 1 amide bonds. The van der Waals surface area contributed by atoms with Gasteiger partial charge in [0.15, 0.2) is 6.29 Å². The van der Waals surface area contributed by atoms with E-state index in [-0.39, 0.29) is 12.8 Å². The average molecular weight is 1250 g/mol. The summed E-state index contributed by atoms with van der Waals surface area (Å²) in [5.74, 6) is -0.699. The lowest BCUT2D eigenvalue weighted by molar-refractivity contribution is -0.303. The van der Waals surface area contributed by atoms with Crippen LogP contribution < -0.4 is 5.32 Å². The van der Waals surface area contributed by atoms with Crippen molar-refractivity contribution in [1.29, 1.82) is 0 Å². The van der Waals surface area contributed by atoms with E-state index < -0.39 is 74.2 Å². The molecule has 1 heterocycles. The van der Waals surface area contributed by atoms with Crippen LogP contribution in [0.3, 0.4) is 0 Å². The van der Waals surface area contributed by atoms with Gasteiger partial charge in [-0.05, 0) is 64.2 Å². The zero-order valence-corrected chi connectivity index (χ0v) is 58.0. The van der Waals surface area contributed by atoms with E-state index in [9.17, 15) is 40.5 Å². The quantitative estimate of drug-likeness (QED) is 0.0215. The maximum Gasteiger partial charge on any atom is 0.249 e. The van der Waals surface area contributed by atoms with Crippen LogP contribution >= 0.6 is 0 Å². The van der Waals surface area contributed by atoms with Gasteiger partial charge in [-0.3, -0.25) is 4.79 Å². The molecular formula is C77H149NO10. The van der Waals surface area contributed by atoms with Crippen LogP contribution in [0.25, 0.3) is 0 Å². The van der Waals surface area contributed by atoms with Crippen molar-refractivity contribution in [3.8, 4) is 0 Å². The van der Waals surface area contributed by atoms with Crippen molar-refractivity contribution in [2.45, 2.75) is 448 Å². The van der Waals surface area contributed by atoms with Gasteiger partial charge in [0, 0.05) is 0 Å². The Balaban J connectivity index is 2.14. The van der Waals surface area contributed by atoms with Crippen LogP contribution in [0.5, 0.6) is 0 Å². The molecule has 0 bridgehead atoms. The van der Waals surface area contributed by atoms with Crippen LogP contribution in [0.15, 0.2) is 24.3 Å². The summed E-state index contributed by atoms with van der Waals surface area (Å²) in [6.07, 6.45) is 72.9. The zero-order chi connectivity index (χ0) is 63.9. The summed E-state index contributed by atoms with van der Waals surface area (Å²) in [6, 6.07) is -1.19. The molecule has 88 heavy (non-hydrogen) atoms. The summed E-state index contributed by atoms with van der Waals surface area (Å²) in [5.41, 5.74) is 0. The van der Waals surface area contributed by atoms with Crippen molar-refractivity contribution in [3.63, 3.8) is 0 Å². The van der Waals surface area contributed by atoms with Gasteiger partial charge in [0.1, 0.15) is 36.6 Å². The summed E-state index contributed by atoms with van der Waals surface area (Å²) >= 11 is 0. The van der Waals surface area contributed by atoms with Gasteiger partial charge in [-0.2, -0.15) is 0 Å². The third-order valence-corrected chi connectivity index (χ3v) is 19.0. The van der Waals surface area contributed by atoms with Gasteiger partial charge in [0.25, 0.3) is 0 Å². The Morgan fingerprint density at radius 3 is 0.977 bits per heavy atom. The van der Waals surface area contributed by atoms with Gasteiger partial charge in [-0.1, -0.05) is 353 Å². The lowest BCUT2D eigenvalue weighted by Gasteiger charge is -2.40. The second-order valence-electron chi connectivity index (χ2n) is 27.4. The van der Waals surface area contributed by atoms with Gasteiger partial charge in [-0.25, -0.2) is 0 Å². The second kappa shape index (κ2) is 65.6. The molecule has 9 unspecified atom stereocenters. The molecule has 8 N–H and O–H groups in total. The SMILES string of the molecule is CCCCCCCCCCCCCCCCCC/C=C\CCCCCCCCCCCCCCCCCCC(O)C(=O)NC(COC1OC(CO)C(O)C(O)C1O)C(O)C(O)CCC/C=C/CCCCCCCCCCCCCCCCCCCCCC. The summed E-state index contributed by atoms with van der Waals surface area (Å²) < 4.78 is 11.2. The number of unbranched alkanes of at least 4 members (excludes halogenated alkanes) is 53. The van der Waals surface area contributed by atoms with Crippen molar-refractivity contribution in [1.82, 2.24) is 5.32 Å². The van der Waals surface area contributed by atoms with E-state index in [0.717, 1.165) is 38.5 Å². The number of rotatable bonds is 69. The Labute approximate surface area is 544 Å². The summed E-state index contributed by atoms with van der Waals surface area (Å²) in [6.45, 7) is 3.51. The molecular weight excluding hydrogens is 1100 g/mol. The number of allylic oxidation sites excluding steroid dienone is 4. The molecule has 0 saturated carbocycles. The first-order valence-corrected chi connectivity index (χ1v) is 38.7. The minimum absolute atomic E-state index is 0.258. The van der Waals surface area contributed by atoms with Crippen LogP contribution in [0.1, 0.15) is 393 Å². The maximum atomic E-state index is 13.3. The smallest absolute Gasteiger partial charge is 0.249 e. The fourth-order valence-corrected chi connectivity index (χ4v) is 12.8. The van der Waals surface area contributed by atoms with Crippen molar-refractivity contribution >= 4 is 5.91 Å². The van der Waals surface area contributed by atoms with Crippen molar-refractivity contribution < 1.29 is 50.0 Å². The molecule has 0 spiro atoms. The molecule has 9 atom stereocenters. The highest BCUT2D eigenvalue weighted by atomic mass is 16.7. The number of hydrogen-bond donors (Lipinski definition) is 8. The number of aliphatic hydroxyl groups excluding tert-OH is 7. The third-order valence-electron chi connectivity index (χ3n) is 19.0. The fraction of sp³-hybridized carbons (Fsp3) is 0.935. The van der Waals surface area contributed by atoms with Crippen molar-refractivity contribution in [2.24, 2.45) is 0 Å². The molecule has 0 aromatic heterocycles. The van der Waals surface area contributed by atoms with Crippen molar-refractivity contribution in [3.05, 3.63) is 24.3 Å². The first-order valence-electron chi connectivity index (χ1n) is 38.7. The molecule has 0 radical (unpaired) electrons. The Kier molecular flexibility index (Phi) is 63.1. The number of amides is 1. The second-order valence-corrected chi connectivity index (χ2v) is 27.4. The molecule has 522 valence electrons. The van der Waals surface area contributed by atoms with E-state index >= 15 is 0 Å². The van der Waals surface area contributed by atoms with Crippen LogP contribution in [0, 0.1) is 0 Å². The molecule has 11 heteroatoms. The lowest BCUT2D eigenvalue weighted by atomic mass is 9.98. The molecule has 1 fully saturated rings. The van der Waals surface area contributed by atoms with E-state index in [2.05, 4.69) is 43.5 Å². The standard InChI is InChI=1S/C77H149NO10/c1-3-5-7-9-11-13-15-17-19-21-23-25-27-29-30-31-32-33-34-35-36-37-38-39-41-43-45-47-49-51-53-55-57-59-61-63-65-70(81)76(86)78-68(67-87-77-75(85)74(84)73(83)71(66-79)88-77)72(82)69(80)64-62-60-58-56-54-52-50-48-46-44-42-40-28-26-24-22-20-18-16-14-12-10-8-6-4-2/h33-34,56,58,68-75,77,79-85H,3-32,35-55,57,59-67H2,1-2H3,(H,78,86)/b34-33-,58-56+. The normalized spacial score (nSPS) is 18.7. The summed E-state index contributed by atoms with van der Waals surface area (Å²) in [7, 11) is 0. The molecule has 0 aromatic carbocycles. The minimum atomic E-state index is -1.67. The molecule has 0 aromatic rings. The number of hydrogen-bond acceptors (Lipinski definition) is 10. The third kappa shape index (κ3) is 52.0. The molecule has 11 nitrogen and oxygen atoms in total. The fourth-order valence-electron chi connectivity index (χ4n) is 12.8. The van der Waals surface area contributed by atoms with Gasteiger partial charge in [0.05, 0.1) is 25.4 Å². The number of nitrogens with one attached hydrogen (secondary N) is 1. The molecule has 0 aliphatic carbocycles. The van der Waals surface area contributed by atoms with Crippen LogP contribution in [-0.4, -0.2) is 110 Å². The van der Waals surface area contributed by atoms with Crippen molar-refractivity contribution in [2.75, 3.05) is 13.2 Å². The van der Waals surface area contributed by atoms with E-state index in [1.807, 2.05) is 0 Å². The maximum absolute atomic E-state index is 13.3. The largest absolute Gasteiger partial charge is 0.394 e.